The Hall–Kier alpha value is -2.90. The molecule has 1 aromatic carbocycles. The fraction of sp³-hybridized carbons (Fsp3) is 0.350. The van der Waals surface area contributed by atoms with E-state index in [0.29, 0.717) is 0 Å². The molecular weight excluding hydrogens is 426 g/mol. The minimum absolute atomic E-state index is 0. The second kappa shape index (κ2) is 10.6. The van der Waals surface area contributed by atoms with E-state index in [-0.39, 0.29) is 47.5 Å². The van der Waals surface area contributed by atoms with E-state index < -0.39 is 42.0 Å². The summed E-state index contributed by atoms with van der Waals surface area (Å²) < 4.78 is 56.5. The van der Waals surface area contributed by atoms with Crippen LogP contribution in [0.15, 0.2) is 30.7 Å². The number of nitrogens with one attached hydrogen (secondary N) is 1. The average molecular weight is 445 g/mol. The van der Waals surface area contributed by atoms with Gasteiger partial charge in [0.1, 0.15) is 24.2 Å². The summed E-state index contributed by atoms with van der Waals surface area (Å²) in [6, 6.07) is 2.65. The van der Waals surface area contributed by atoms with Crippen LogP contribution in [0, 0.1) is 5.82 Å². The molecule has 0 saturated carbocycles. The third-order valence-electron chi connectivity index (χ3n) is 4.71. The van der Waals surface area contributed by atoms with E-state index in [2.05, 4.69) is 15.3 Å². The van der Waals surface area contributed by atoms with Crippen molar-refractivity contribution in [2.75, 3.05) is 12.4 Å². The number of carboxylic acids is 1. The van der Waals surface area contributed by atoms with Gasteiger partial charge < -0.3 is 29.4 Å². The summed E-state index contributed by atoms with van der Waals surface area (Å²) in [4.78, 5) is 19.8. The molecule has 0 bridgehead atoms. The number of carboxylic acid groups (broad SMARTS) is 1. The number of carbonyl (C=O) groups is 1. The number of ether oxygens (including phenoxy) is 3. The molecule has 0 fully saturated rings. The standard InChI is InChI=1S/C20H20F3N3O5.Li/c1-9(18(27)28)15-13(19-30-7-8-31-19)17(26-20(25-15)29-3)24-10(2)11-5-4-6-12(14(11)21)16(22)23;/h4-10,16,19H,1-3H3,(H,27,28)(H,24,25,26);/q;+1/p-1/t9?,10-;/m1./s1. The van der Waals surface area contributed by atoms with E-state index in [1.165, 1.54) is 45.6 Å². The molecule has 0 saturated heterocycles. The number of alkyl halides is 2. The predicted molar refractivity (Wildman–Crippen MR) is 99.5 cm³/mol. The molecule has 0 spiro atoms. The van der Waals surface area contributed by atoms with Crippen molar-refractivity contribution < 1.29 is 56.1 Å². The van der Waals surface area contributed by atoms with Gasteiger partial charge in [0.05, 0.1) is 35.9 Å². The molecule has 8 nitrogen and oxygen atoms in total. The zero-order valence-electron chi connectivity index (χ0n) is 17.8. The van der Waals surface area contributed by atoms with Crippen molar-refractivity contribution in [1.29, 1.82) is 0 Å². The summed E-state index contributed by atoms with van der Waals surface area (Å²) >= 11 is 0. The number of nitrogens with zero attached hydrogens (tertiary/aromatic N) is 2. The first-order valence-electron chi connectivity index (χ1n) is 9.20. The first kappa shape index (κ1) is 25.4. The Morgan fingerprint density at radius 3 is 2.38 bits per heavy atom. The minimum Gasteiger partial charge on any atom is -0.549 e. The molecule has 2 atom stereocenters. The maximum atomic E-state index is 14.6. The van der Waals surface area contributed by atoms with Crippen LogP contribution >= 0.6 is 0 Å². The van der Waals surface area contributed by atoms with Crippen LogP contribution in [0.2, 0.25) is 0 Å². The van der Waals surface area contributed by atoms with Crippen molar-refractivity contribution in [3.8, 4) is 6.01 Å². The molecule has 0 amide bonds. The van der Waals surface area contributed by atoms with Gasteiger partial charge in [0.2, 0.25) is 0 Å². The van der Waals surface area contributed by atoms with Crippen molar-refractivity contribution in [3.05, 3.63) is 58.9 Å². The van der Waals surface area contributed by atoms with Crippen molar-refractivity contribution in [2.24, 2.45) is 0 Å². The van der Waals surface area contributed by atoms with Gasteiger partial charge in [-0.3, -0.25) is 0 Å². The molecule has 0 aliphatic carbocycles. The molecule has 1 aliphatic rings. The Labute approximate surface area is 194 Å². The summed E-state index contributed by atoms with van der Waals surface area (Å²) in [5.41, 5.74) is -0.649. The smallest absolute Gasteiger partial charge is 0.549 e. The molecular formula is C20H19F3LiN3O5. The average Bonchev–Trinajstić information content (AvgIpc) is 3.26. The Balaban J connectivity index is 0.00000363. The van der Waals surface area contributed by atoms with Crippen molar-refractivity contribution in [2.45, 2.75) is 38.5 Å². The van der Waals surface area contributed by atoms with Crippen molar-refractivity contribution in [3.63, 3.8) is 0 Å². The number of benzene rings is 1. The zero-order chi connectivity index (χ0) is 22.7. The van der Waals surface area contributed by atoms with Gasteiger partial charge in [-0.25, -0.2) is 13.2 Å². The third-order valence-corrected chi connectivity index (χ3v) is 4.71. The fourth-order valence-electron chi connectivity index (χ4n) is 3.07. The van der Waals surface area contributed by atoms with Gasteiger partial charge in [-0.05, 0) is 6.92 Å². The Bertz CT molecular complexity index is 1000. The monoisotopic (exact) mass is 445 g/mol. The summed E-state index contributed by atoms with van der Waals surface area (Å²) in [5.74, 6) is -3.64. The molecule has 12 heteroatoms. The number of hydrogen-bond donors (Lipinski definition) is 1. The number of hydrogen-bond acceptors (Lipinski definition) is 8. The van der Waals surface area contributed by atoms with Gasteiger partial charge in [-0.2, -0.15) is 9.97 Å². The molecule has 166 valence electrons. The Kier molecular flexibility index (Phi) is 8.41. The predicted octanol–water partition coefficient (Wildman–Crippen LogP) is 0.109. The van der Waals surface area contributed by atoms with Gasteiger partial charge in [0.25, 0.3) is 12.7 Å². The van der Waals surface area contributed by atoms with Crippen LogP contribution < -0.4 is 34.0 Å². The molecule has 32 heavy (non-hydrogen) atoms. The zero-order valence-corrected chi connectivity index (χ0v) is 17.8. The van der Waals surface area contributed by atoms with E-state index in [4.69, 9.17) is 14.2 Å². The molecule has 2 aromatic rings. The number of rotatable bonds is 8. The molecule has 3 rings (SSSR count). The fourth-order valence-corrected chi connectivity index (χ4v) is 3.07. The van der Waals surface area contributed by atoms with Gasteiger partial charge in [0.15, 0.2) is 0 Å². The summed E-state index contributed by atoms with van der Waals surface area (Å²) in [6.07, 6.45) is -1.57. The van der Waals surface area contributed by atoms with Crippen LogP contribution in [0.5, 0.6) is 6.01 Å². The van der Waals surface area contributed by atoms with Crippen LogP contribution in [0.3, 0.4) is 0 Å². The van der Waals surface area contributed by atoms with Crippen LogP contribution in [0.1, 0.15) is 60.9 Å². The van der Waals surface area contributed by atoms with E-state index in [0.717, 1.165) is 6.07 Å². The van der Waals surface area contributed by atoms with Crippen LogP contribution in [-0.2, 0) is 14.3 Å². The minimum atomic E-state index is -2.98. The number of anilines is 1. The molecule has 2 heterocycles. The maximum absolute atomic E-state index is 14.6. The van der Waals surface area contributed by atoms with E-state index >= 15 is 0 Å². The molecule has 0 radical (unpaired) electrons. The molecule has 1 N–H and O–H groups in total. The molecule has 1 aliphatic heterocycles. The quantitative estimate of drug-likeness (QED) is 0.571. The van der Waals surface area contributed by atoms with Crippen molar-refractivity contribution >= 4 is 11.8 Å². The summed E-state index contributed by atoms with van der Waals surface area (Å²) in [6.45, 7) is 2.88. The summed E-state index contributed by atoms with van der Waals surface area (Å²) in [5, 5.41) is 14.4. The maximum Gasteiger partial charge on any atom is 1.00 e. The third kappa shape index (κ3) is 5.11. The van der Waals surface area contributed by atoms with E-state index in [9.17, 15) is 23.1 Å². The van der Waals surface area contributed by atoms with E-state index in [1.54, 1.807) is 0 Å². The first-order chi connectivity index (χ1) is 14.7. The van der Waals surface area contributed by atoms with Gasteiger partial charge in [0, 0.05) is 11.5 Å². The van der Waals surface area contributed by atoms with Crippen LogP contribution in [0.25, 0.3) is 0 Å². The molecule has 1 aromatic heterocycles. The largest absolute Gasteiger partial charge is 1.00 e. The Morgan fingerprint density at radius 1 is 1.19 bits per heavy atom. The number of halogens is 3. The van der Waals surface area contributed by atoms with E-state index in [1.807, 2.05) is 0 Å². The number of carbonyl (C=O) groups excluding carboxylic acids is 1. The second-order valence-corrected chi connectivity index (χ2v) is 6.69. The summed E-state index contributed by atoms with van der Waals surface area (Å²) in [7, 11) is 1.28. The second-order valence-electron chi connectivity index (χ2n) is 6.69. The SMILES string of the molecule is COc1nc(N[C@H](C)c2cccc(C(F)F)c2F)c(C2OC=CO2)c(C(C)C(=O)[O-])n1.[Li+]. The Morgan fingerprint density at radius 2 is 1.81 bits per heavy atom. The normalized spacial score (nSPS) is 14.8. The first-order valence-corrected chi connectivity index (χ1v) is 9.20. The van der Waals surface area contributed by atoms with Gasteiger partial charge >= 0.3 is 24.9 Å². The topological polar surface area (TPSA) is 106 Å². The number of methoxy groups -OCH3 is 1. The number of aliphatic carboxylic acids is 1. The van der Waals surface area contributed by atoms with Gasteiger partial charge in [-0.15, -0.1) is 0 Å². The van der Waals surface area contributed by atoms with Crippen molar-refractivity contribution in [1.82, 2.24) is 9.97 Å². The molecule has 1 unspecified atom stereocenters. The van der Waals surface area contributed by atoms with Crippen LogP contribution in [-0.4, -0.2) is 23.0 Å². The number of aromatic nitrogens is 2. The van der Waals surface area contributed by atoms with Crippen LogP contribution in [0.4, 0.5) is 19.0 Å². The van der Waals surface area contributed by atoms with Gasteiger partial charge in [-0.1, -0.05) is 25.1 Å².